The van der Waals surface area contributed by atoms with Gasteiger partial charge in [-0.1, -0.05) is 341 Å². The molecular formula is C66H136N2O7P+. The fraction of sp³-hybridized carbons (Fsp3) is 0.985. The van der Waals surface area contributed by atoms with Gasteiger partial charge in [-0.05, 0) is 12.8 Å². The molecule has 0 heterocycles. The molecule has 0 aliphatic carbocycles. The first kappa shape index (κ1) is 75.5. The molecule has 0 fully saturated rings. The number of phosphoric ester groups is 1. The molecule has 0 saturated carbocycles. The van der Waals surface area contributed by atoms with Crippen LogP contribution in [0.1, 0.15) is 361 Å². The van der Waals surface area contributed by atoms with Crippen molar-refractivity contribution in [3.8, 4) is 0 Å². The molecular weight excluding hydrogens is 964 g/mol. The smallest absolute Gasteiger partial charge is 0.390 e. The number of unbranched alkanes of at least 4 members (excludes halogenated alkanes) is 50. The van der Waals surface area contributed by atoms with Crippen molar-refractivity contribution in [2.24, 2.45) is 0 Å². The third-order valence-electron chi connectivity index (χ3n) is 16.2. The second kappa shape index (κ2) is 57.7. The Balaban J connectivity index is 3.84. The number of aliphatic hydroxyl groups excluding tert-OH is 2. The number of phosphoric acid groups is 1. The van der Waals surface area contributed by atoms with Crippen LogP contribution in [0.25, 0.3) is 0 Å². The number of nitrogens with zero attached hydrogens (tertiary/aromatic N) is 1. The van der Waals surface area contributed by atoms with Gasteiger partial charge in [0.25, 0.3) is 0 Å². The number of hydrogen-bond donors (Lipinski definition) is 4. The van der Waals surface area contributed by atoms with Gasteiger partial charge in [-0.3, -0.25) is 13.8 Å². The first-order chi connectivity index (χ1) is 36.9. The van der Waals surface area contributed by atoms with E-state index >= 15 is 0 Å². The minimum absolute atomic E-state index is 0.0260. The Hall–Kier alpha value is -0.540. The van der Waals surface area contributed by atoms with Crippen molar-refractivity contribution in [2.75, 3.05) is 40.9 Å². The topological polar surface area (TPSA) is 125 Å². The number of rotatable bonds is 64. The Labute approximate surface area is 474 Å². The van der Waals surface area contributed by atoms with Crippen LogP contribution in [-0.4, -0.2) is 84.6 Å². The third-order valence-corrected chi connectivity index (χ3v) is 17.2. The maximum Gasteiger partial charge on any atom is 0.472 e. The lowest BCUT2D eigenvalue weighted by atomic mass is 9.99. The van der Waals surface area contributed by atoms with Gasteiger partial charge in [-0.25, -0.2) is 4.57 Å². The number of quaternary nitrogens is 1. The lowest BCUT2D eigenvalue weighted by Gasteiger charge is -2.28. The zero-order valence-electron chi connectivity index (χ0n) is 51.9. The van der Waals surface area contributed by atoms with Crippen LogP contribution in [0.4, 0.5) is 0 Å². The summed E-state index contributed by atoms with van der Waals surface area (Å²) >= 11 is 0. The Kier molecular flexibility index (Phi) is 57.3. The van der Waals surface area contributed by atoms with Gasteiger partial charge in [-0.2, -0.15) is 0 Å². The van der Waals surface area contributed by atoms with E-state index in [1.807, 2.05) is 21.1 Å². The Morgan fingerprint density at radius 1 is 0.408 bits per heavy atom. The van der Waals surface area contributed by atoms with E-state index in [0.717, 1.165) is 38.5 Å². The summed E-state index contributed by atoms with van der Waals surface area (Å²) in [5.74, 6) is -0.249. The van der Waals surface area contributed by atoms with Crippen LogP contribution >= 0.6 is 7.82 Å². The molecule has 0 aromatic rings. The molecule has 4 unspecified atom stereocenters. The minimum Gasteiger partial charge on any atom is -0.390 e. The number of hydrogen-bond acceptors (Lipinski definition) is 6. The summed E-state index contributed by atoms with van der Waals surface area (Å²) in [6.07, 6.45) is 68.2. The SMILES string of the molecule is CCCCCCCCCCCCCCCCCCCCCCCCCCCCCCCCCCCCCCCCCCC(=O)NC(COP(=O)(O)OCC[N+](C)(C)C)C(O)C(O)CCCCCCCCCCCCCC. The summed E-state index contributed by atoms with van der Waals surface area (Å²) in [6, 6.07) is -1.03. The normalized spacial score (nSPS) is 14.1. The summed E-state index contributed by atoms with van der Waals surface area (Å²) in [7, 11) is 1.46. The molecule has 76 heavy (non-hydrogen) atoms. The predicted molar refractivity (Wildman–Crippen MR) is 329 cm³/mol. The third kappa shape index (κ3) is 58.1. The molecule has 4 N–H and O–H groups in total. The largest absolute Gasteiger partial charge is 0.472 e. The molecule has 0 aliphatic rings. The van der Waals surface area contributed by atoms with Gasteiger partial charge in [0.05, 0.1) is 39.9 Å². The summed E-state index contributed by atoms with van der Waals surface area (Å²) < 4.78 is 23.7. The van der Waals surface area contributed by atoms with Gasteiger partial charge in [0.15, 0.2) is 0 Å². The first-order valence-electron chi connectivity index (χ1n) is 34.0. The van der Waals surface area contributed by atoms with Crippen molar-refractivity contribution in [2.45, 2.75) is 379 Å². The van der Waals surface area contributed by atoms with Crippen molar-refractivity contribution in [1.82, 2.24) is 5.32 Å². The average molecular weight is 1100 g/mol. The maximum atomic E-state index is 13.0. The Morgan fingerprint density at radius 2 is 0.658 bits per heavy atom. The molecule has 456 valence electrons. The molecule has 0 spiro atoms. The van der Waals surface area contributed by atoms with Crippen LogP contribution < -0.4 is 5.32 Å². The zero-order chi connectivity index (χ0) is 55.7. The first-order valence-corrected chi connectivity index (χ1v) is 35.5. The molecule has 0 aliphatic heterocycles. The van der Waals surface area contributed by atoms with Gasteiger partial charge in [0.2, 0.25) is 5.91 Å². The fourth-order valence-electron chi connectivity index (χ4n) is 10.9. The zero-order valence-corrected chi connectivity index (χ0v) is 52.8. The summed E-state index contributed by atoms with van der Waals surface area (Å²) in [5.41, 5.74) is 0. The van der Waals surface area contributed by atoms with Crippen molar-refractivity contribution in [3.05, 3.63) is 0 Å². The van der Waals surface area contributed by atoms with Crippen LogP contribution in [0.15, 0.2) is 0 Å². The highest BCUT2D eigenvalue weighted by Gasteiger charge is 2.32. The van der Waals surface area contributed by atoms with E-state index in [1.54, 1.807) is 0 Å². The number of nitrogens with one attached hydrogen (secondary N) is 1. The lowest BCUT2D eigenvalue weighted by Crippen LogP contribution is -2.51. The standard InChI is InChI=1S/C66H135N2O7P/c1-6-8-10-12-14-16-18-20-21-22-23-24-25-26-27-28-29-30-31-32-33-34-35-36-37-38-39-40-41-42-43-44-45-46-47-49-51-53-55-57-59-65(70)67-63(62-75-76(72,73)74-61-60-68(3,4)5)66(71)64(69)58-56-54-52-50-48-19-17-15-13-11-9-7-2/h63-64,66,69,71H,6-62H2,1-5H3,(H-,67,70,72,73)/p+1. The predicted octanol–water partition coefficient (Wildman–Crippen LogP) is 20.1. The second-order valence-electron chi connectivity index (χ2n) is 25.1. The molecule has 10 heteroatoms. The van der Waals surface area contributed by atoms with Crippen LogP contribution in [-0.2, 0) is 18.4 Å². The van der Waals surface area contributed by atoms with E-state index in [2.05, 4.69) is 19.2 Å². The molecule has 0 rings (SSSR count). The highest BCUT2D eigenvalue weighted by atomic mass is 31.2. The fourth-order valence-corrected chi connectivity index (χ4v) is 11.6. The van der Waals surface area contributed by atoms with Crippen LogP contribution in [0.3, 0.4) is 0 Å². The summed E-state index contributed by atoms with van der Waals surface area (Å²) in [6.45, 7) is 4.66. The van der Waals surface area contributed by atoms with Gasteiger partial charge in [0.1, 0.15) is 19.3 Å². The second-order valence-corrected chi connectivity index (χ2v) is 26.5. The summed E-state index contributed by atoms with van der Waals surface area (Å²) in [5, 5.41) is 24.9. The van der Waals surface area contributed by atoms with Crippen molar-refractivity contribution in [1.29, 1.82) is 0 Å². The average Bonchev–Trinajstić information content (AvgIpc) is 3.38. The molecule has 0 bridgehead atoms. The van der Waals surface area contributed by atoms with E-state index in [1.165, 1.54) is 295 Å². The quantitative estimate of drug-likeness (QED) is 0.0272. The van der Waals surface area contributed by atoms with Gasteiger partial charge < -0.3 is 24.9 Å². The minimum atomic E-state index is -4.42. The van der Waals surface area contributed by atoms with Gasteiger partial charge >= 0.3 is 7.82 Å². The summed E-state index contributed by atoms with van der Waals surface area (Å²) in [4.78, 5) is 23.4. The molecule has 4 atom stereocenters. The van der Waals surface area contributed by atoms with Crippen molar-refractivity contribution >= 4 is 13.7 Å². The van der Waals surface area contributed by atoms with Crippen LogP contribution in [0.2, 0.25) is 0 Å². The van der Waals surface area contributed by atoms with Gasteiger partial charge in [0, 0.05) is 6.42 Å². The number of amides is 1. The van der Waals surface area contributed by atoms with Gasteiger partial charge in [-0.15, -0.1) is 0 Å². The van der Waals surface area contributed by atoms with E-state index in [9.17, 15) is 24.5 Å². The van der Waals surface area contributed by atoms with Crippen molar-refractivity contribution in [3.63, 3.8) is 0 Å². The van der Waals surface area contributed by atoms with E-state index < -0.39 is 32.7 Å². The Morgan fingerprint density at radius 3 is 0.921 bits per heavy atom. The number of likely N-dealkylation sites (N-methyl/N-ethyl adjacent to an activating group) is 1. The monoisotopic (exact) mass is 1100 g/mol. The molecule has 0 radical (unpaired) electrons. The lowest BCUT2D eigenvalue weighted by molar-refractivity contribution is -0.870. The number of carbonyl (C=O) groups is 1. The molecule has 0 aromatic heterocycles. The number of aliphatic hydroxyl groups is 2. The highest BCUT2D eigenvalue weighted by Crippen LogP contribution is 2.43. The van der Waals surface area contributed by atoms with E-state index in [4.69, 9.17) is 9.05 Å². The van der Waals surface area contributed by atoms with Crippen LogP contribution in [0, 0.1) is 0 Å². The van der Waals surface area contributed by atoms with E-state index in [0.29, 0.717) is 23.9 Å². The highest BCUT2D eigenvalue weighted by molar-refractivity contribution is 7.47. The maximum absolute atomic E-state index is 13.0. The van der Waals surface area contributed by atoms with E-state index in [-0.39, 0.29) is 12.5 Å². The molecule has 1 amide bonds. The Bertz CT molecular complexity index is 1220. The molecule has 9 nitrogen and oxygen atoms in total. The van der Waals surface area contributed by atoms with Crippen LogP contribution in [0.5, 0.6) is 0 Å². The molecule has 0 aromatic carbocycles. The van der Waals surface area contributed by atoms with Crippen molar-refractivity contribution < 1.29 is 38.0 Å². The molecule has 0 saturated heterocycles. The number of carbonyl (C=O) groups excluding carboxylic acids is 1.